The Morgan fingerprint density at radius 1 is 1.58 bits per heavy atom. The minimum Gasteiger partial charge on any atom is -0.373 e. The predicted molar refractivity (Wildman–Crippen MR) is 104 cm³/mol. The highest BCUT2D eigenvalue weighted by atomic mass is 79.9. The standard InChI is InChI=1S/C16H22BrFN4O3S/c1-3-4-20-15-8-13(17)14(18)7-12(15)16(19)22-5-6-25-11(10-22)9-21-26(2,23)24/h4,7-8,11,19,21H,3,5-6,9-10H2,1-2H3. The van der Waals surface area contributed by atoms with Crippen LogP contribution in [0.15, 0.2) is 21.6 Å². The van der Waals surface area contributed by atoms with E-state index in [0.29, 0.717) is 30.9 Å². The fourth-order valence-corrected chi connectivity index (χ4v) is 3.30. The zero-order chi connectivity index (χ0) is 19.3. The van der Waals surface area contributed by atoms with Crippen LogP contribution in [0.2, 0.25) is 0 Å². The number of rotatable bonds is 6. The van der Waals surface area contributed by atoms with Crippen molar-refractivity contribution in [1.82, 2.24) is 9.62 Å². The van der Waals surface area contributed by atoms with Crippen molar-refractivity contribution in [2.45, 2.75) is 19.4 Å². The number of nitrogens with zero attached hydrogens (tertiary/aromatic N) is 2. The number of hydrogen-bond donors (Lipinski definition) is 2. The molecule has 0 amide bonds. The van der Waals surface area contributed by atoms with E-state index in [0.717, 1.165) is 12.7 Å². The van der Waals surface area contributed by atoms with Gasteiger partial charge in [-0.15, -0.1) is 0 Å². The van der Waals surface area contributed by atoms with Crippen molar-refractivity contribution in [2.24, 2.45) is 4.99 Å². The zero-order valence-corrected chi connectivity index (χ0v) is 17.0. The Bertz CT molecular complexity index is 801. The van der Waals surface area contributed by atoms with Gasteiger partial charge in [-0.25, -0.2) is 17.5 Å². The maximum atomic E-state index is 14.0. The third-order valence-electron chi connectivity index (χ3n) is 3.73. The van der Waals surface area contributed by atoms with Gasteiger partial charge in [-0.3, -0.25) is 10.4 Å². The van der Waals surface area contributed by atoms with E-state index in [-0.39, 0.29) is 23.0 Å². The Balaban J connectivity index is 2.19. The first-order valence-electron chi connectivity index (χ1n) is 8.13. The molecule has 1 heterocycles. The highest BCUT2D eigenvalue weighted by Crippen LogP contribution is 2.28. The topological polar surface area (TPSA) is 94.8 Å². The summed E-state index contributed by atoms with van der Waals surface area (Å²) in [5.74, 6) is -0.337. The van der Waals surface area contributed by atoms with Gasteiger partial charge in [0, 0.05) is 31.4 Å². The van der Waals surface area contributed by atoms with Crippen LogP contribution in [-0.2, 0) is 14.8 Å². The average Bonchev–Trinajstić information content (AvgIpc) is 2.59. The van der Waals surface area contributed by atoms with Crippen molar-refractivity contribution in [3.8, 4) is 0 Å². The second-order valence-corrected chi connectivity index (χ2v) is 8.60. The molecule has 10 heteroatoms. The van der Waals surface area contributed by atoms with Crippen LogP contribution in [-0.4, -0.2) is 64.0 Å². The number of aliphatic imine (C=N–C) groups is 1. The molecule has 0 spiro atoms. The van der Waals surface area contributed by atoms with Crippen molar-refractivity contribution in [3.63, 3.8) is 0 Å². The highest BCUT2D eigenvalue weighted by Gasteiger charge is 2.25. The van der Waals surface area contributed by atoms with Crippen molar-refractivity contribution in [3.05, 3.63) is 28.0 Å². The van der Waals surface area contributed by atoms with E-state index in [9.17, 15) is 12.8 Å². The molecule has 0 radical (unpaired) electrons. The zero-order valence-electron chi connectivity index (χ0n) is 14.6. The normalized spacial score (nSPS) is 18.5. The summed E-state index contributed by atoms with van der Waals surface area (Å²) in [6.45, 7) is 3.20. The molecule has 1 fully saturated rings. The lowest BCUT2D eigenvalue weighted by Gasteiger charge is -2.34. The molecule has 1 aromatic carbocycles. The van der Waals surface area contributed by atoms with Crippen LogP contribution in [0.3, 0.4) is 0 Å². The van der Waals surface area contributed by atoms with Crippen LogP contribution >= 0.6 is 15.9 Å². The summed E-state index contributed by atoms with van der Waals surface area (Å²) in [5, 5.41) is 8.49. The van der Waals surface area contributed by atoms with Crippen molar-refractivity contribution >= 4 is 43.7 Å². The summed E-state index contributed by atoms with van der Waals surface area (Å²) < 4.78 is 44.7. The molecular formula is C16H22BrFN4O3S. The molecule has 0 aromatic heterocycles. The second kappa shape index (κ2) is 9.03. The monoisotopic (exact) mass is 448 g/mol. The van der Waals surface area contributed by atoms with Crippen LogP contribution < -0.4 is 4.72 Å². The Labute approximate surface area is 161 Å². The van der Waals surface area contributed by atoms with E-state index in [1.165, 1.54) is 6.07 Å². The van der Waals surface area contributed by atoms with Crippen molar-refractivity contribution in [1.29, 1.82) is 5.41 Å². The lowest BCUT2D eigenvalue weighted by molar-refractivity contribution is -0.00173. The van der Waals surface area contributed by atoms with Gasteiger partial charge in [-0.2, -0.15) is 0 Å². The molecule has 1 aliphatic rings. The summed E-state index contributed by atoms with van der Waals surface area (Å²) >= 11 is 3.15. The molecule has 0 bridgehead atoms. The van der Waals surface area contributed by atoms with Gasteiger partial charge in [0.15, 0.2) is 0 Å². The molecule has 0 aliphatic carbocycles. The quantitative estimate of drug-likeness (QED) is 0.515. The summed E-state index contributed by atoms with van der Waals surface area (Å²) in [6, 6.07) is 2.84. The molecule has 7 nitrogen and oxygen atoms in total. The van der Waals surface area contributed by atoms with Gasteiger partial charge in [0.2, 0.25) is 10.0 Å². The maximum absolute atomic E-state index is 14.0. The SMILES string of the molecule is CCC=Nc1cc(Br)c(F)cc1C(=N)N1CCOC(CNS(C)(=O)=O)C1. The molecule has 2 rings (SSSR count). The Morgan fingerprint density at radius 2 is 2.31 bits per heavy atom. The van der Waals surface area contributed by atoms with Crippen LogP contribution in [0.1, 0.15) is 18.9 Å². The Kier molecular flexibility index (Phi) is 7.27. The van der Waals surface area contributed by atoms with Gasteiger partial charge in [-0.05, 0) is 34.5 Å². The molecule has 2 N–H and O–H groups in total. The van der Waals surface area contributed by atoms with Crippen LogP contribution in [0.4, 0.5) is 10.1 Å². The molecule has 1 unspecified atom stereocenters. The molecule has 26 heavy (non-hydrogen) atoms. The van der Waals surface area contributed by atoms with Gasteiger partial charge < -0.3 is 9.64 Å². The number of nitrogens with one attached hydrogen (secondary N) is 2. The first-order chi connectivity index (χ1) is 12.2. The van der Waals surface area contributed by atoms with E-state index < -0.39 is 15.8 Å². The van der Waals surface area contributed by atoms with Gasteiger partial charge in [0.1, 0.15) is 11.7 Å². The number of benzene rings is 1. The van der Waals surface area contributed by atoms with Crippen LogP contribution in [0.25, 0.3) is 0 Å². The van der Waals surface area contributed by atoms with E-state index in [1.807, 2.05) is 6.92 Å². The smallest absolute Gasteiger partial charge is 0.208 e. The minimum atomic E-state index is -3.32. The maximum Gasteiger partial charge on any atom is 0.208 e. The second-order valence-electron chi connectivity index (χ2n) is 5.91. The van der Waals surface area contributed by atoms with Crippen molar-refractivity contribution in [2.75, 3.05) is 32.5 Å². The number of sulfonamides is 1. The first kappa shape index (κ1) is 20.9. The minimum absolute atomic E-state index is 0.123. The summed E-state index contributed by atoms with van der Waals surface area (Å²) in [5.41, 5.74) is 0.884. The van der Waals surface area contributed by atoms with Gasteiger partial charge >= 0.3 is 0 Å². The fraction of sp³-hybridized carbons (Fsp3) is 0.500. The number of hydrogen-bond acceptors (Lipinski definition) is 5. The Morgan fingerprint density at radius 3 is 2.96 bits per heavy atom. The van der Waals surface area contributed by atoms with Gasteiger partial charge in [-0.1, -0.05) is 6.92 Å². The number of ether oxygens (including phenoxy) is 1. The van der Waals surface area contributed by atoms with E-state index in [4.69, 9.17) is 10.1 Å². The molecule has 1 saturated heterocycles. The summed E-state index contributed by atoms with van der Waals surface area (Å²) in [6.07, 6.45) is 3.12. The first-order valence-corrected chi connectivity index (χ1v) is 10.8. The molecule has 1 aromatic rings. The van der Waals surface area contributed by atoms with Crippen LogP contribution in [0.5, 0.6) is 0 Å². The molecule has 1 atom stereocenters. The fourth-order valence-electron chi connectivity index (χ4n) is 2.48. The lowest BCUT2D eigenvalue weighted by Crippen LogP contribution is -2.49. The van der Waals surface area contributed by atoms with E-state index in [2.05, 4.69) is 25.6 Å². The Hall–Kier alpha value is -1.36. The largest absolute Gasteiger partial charge is 0.373 e. The number of morpholine rings is 1. The molecule has 0 saturated carbocycles. The highest BCUT2D eigenvalue weighted by molar-refractivity contribution is 9.10. The number of amidine groups is 1. The molecular weight excluding hydrogens is 427 g/mol. The third kappa shape index (κ3) is 5.83. The van der Waals surface area contributed by atoms with Crippen LogP contribution in [0, 0.1) is 11.2 Å². The van der Waals surface area contributed by atoms with Crippen molar-refractivity contribution < 1.29 is 17.5 Å². The van der Waals surface area contributed by atoms with E-state index in [1.54, 1.807) is 17.2 Å². The third-order valence-corrected chi connectivity index (χ3v) is 5.03. The van der Waals surface area contributed by atoms with E-state index >= 15 is 0 Å². The molecule has 1 aliphatic heterocycles. The summed E-state index contributed by atoms with van der Waals surface area (Å²) in [7, 11) is -3.32. The summed E-state index contributed by atoms with van der Waals surface area (Å²) in [4.78, 5) is 6.06. The molecule has 144 valence electrons. The lowest BCUT2D eigenvalue weighted by atomic mass is 10.1. The van der Waals surface area contributed by atoms with Gasteiger partial charge in [0.25, 0.3) is 0 Å². The number of halogens is 2. The predicted octanol–water partition coefficient (Wildman–Crippen LogP) is 2.28. The average molecular weight is 449 g/mol. The van der Waals surface area contributed by atoms with Gasteiger partial charge in [0.05, 0.1) is 29.1 Å².